The number of urea groups is 1. The van der Waals surface area contributed by atoms with Crippen molar-refractivity contribution in [2.24, 2.45) is 0 Å². The number of ether oxygens (including phenoxy) is 1. The number of hydrogen-bond donors (Lipinski definition) is 3. The molecule has 1 aliphatic carbocycles. The average molecular weight is 538 g/mol. The van der Waals surface area contributed by atoms with E-state index in [1.165, 1.54) is 0 Å². The molecule has 0 atom stereocenters. The highest BCUT2D eigenvalue weighted by molar-refractivity contribution is 7.92. The SMILES string of the molecule is O=C(NCCCO)Nc1ccc(-c2nc(N3CCOCC3)cc(C3(S(=O)(=O)c4ccccc4)CC3)n2)cc1. The molecule has 1 saturated carbocycles. The summed E-state index contributed by atoms with van der Waals surface area (Å²) in [7, 11) is -3.66. The summed E-state index contributed by atoms with van der Waals surface area (Å²) in [5, 5.41) is 14.3. The summed E-state index contributed by atoms with van der Waals surface area (Å²) in [5.74, 6) is 1.10. The highest BCUT2D eigenvalue weighted by atomic mass is 32.2. The van der Waals surface area contributed by atoms with E-state index in [2.05, 4.69) is 15.5 Å². The molecule has 2 aliphatic rings. The van der Waals surface area contributed by atoms with Gasteiger partial charge in [0.1, 0.15) is 10.6 Å². The number of aliphatic hydroxyl groups excluding tert-OH is 1. The number of benzene rings is 2. The van der Waals surface area contributed by atoms with Gasteiger partial charge in [-0.1, -0.05) is 18.2 Å². The lowest BCUT2D eigenvalue weighted by molar-refractivity contribution is 0.122. The molecule has 0 spiro atoms. The molecule has 1 aliphatic heterocycles. The zero-order valence-corrected chi connectivity index (χ0v) is 21.8. The summed E-state index contributed by atoms with van der Waals surface area (Å²) in [6, 6.07) is 17.1. The van der Waals surface area contributed by atoms with Crippen LogP contribution in [0.25, 0.3) is 11.4 Å². The van der Waals surface area contributed by atoms with E-state index in [1.807, 2.05) is 6.07 Å². The van der Waals surface area contributed by atoms with Gasteiger partial charge in [-0.25, -0.2) is 23.2 Å². The number of nitrogens with zero attached hydrogens (tertiary/aromatic N) is 3. The first kappa shape index (κ1) is 26.1. The largest absolute Gasteiger partial charge is 0.396 e. The second kappa shape index (κ2) is 11.1. The molecular weight excluding hydrogens is 506 g/mol. The molecule has 0 unspecified atom stereocenters. The van der Waals surface area contributed by atoms with E-state index in [1.54, 1.807) is 54.6 Å². The van der Waals surface area contributed by atoms with Crippen molar-refractivity contribution in [1.29, 1.82) is 0 Å². The fourth-order valence-corrected chi connectivity index (χ4v) is 6.50. The van der Waals surface area contributed by atoms with Gasteiger partial charge in [-0.3, -0.25) is 0 Å². The maximum absolute atomic E-state index is 13.7. The van der Waals surface area contributed by atoms with Crippen molar-refractivity contribution >= 4 is 27.4 Å². The summed E-state index contributed by atoms with van der Waals surface area (Å²) in [6.07, 6.45) is 1.47. The predicted molar refractivity (Wildman–Crippen MR) is 144 cm³/mol. The van der Waals surface area contributed by atoms with Gasteiger partial charge in [0, 0.05) is 43.6 Å². The molecule has 0 bridgehead atoms. The van der Waals surface area contributed by atoms with Gasteiger partial charge < -0.3 is 25.4 Å². The van der Waals surface area contributed by atoms with Crippen LogP contribution in [0.3, 0.4) is 0 Å². The van der Waals surface area contributed by atoms with Gasteiger partial charge in [-0.15, -0.1) is 0 Å². The highest BCUT2D eigenvalue weighted by Gasteiger charge is 2.58. The summed E-state index contributed by atoms with van der Waals surface area (Å²) in [6.45, 7) is 2.84. The molecule has 3 N–H and O–H groups in total. The normalized spacial score (nSPS) is 16.6. The molecule has 200 valence electrons. The Balaban J connectivity index is 1.47. The minimum Gasteiger partial charge on any atom is -0.396 e. The molecule has 3 aromatic rings. The third-order valence-corrected chi connectivity index (χ3v) is 9.35. The van der Waals surface area contributed by atoms with E-state index in [0.29, 0.717) is 85.6 Å². The maximum Gasteiger partial charge on any atom is 0.319 e. The number of sulfone groups is 1. The van der Waals surface area contributed by atoms with Gasteiger partial charge in [0.05, 0.1) is 23.8 Å². The molecule has 2 aromatic carbocycles. The first-order valence-corrected chi connectivity index (χ1v) is 14.2. The Hall–Kier alpha value is -3.54. The molecule has 2 amide bonds. The Morgan fingerprint density at radius 3 is 2.39 bits per heavy atom. The molecular formula is C27H31N5O5S. The number of amides is 2. The molecule has 0 radical (unpaired) electrons. The fourth-order valence-electron chi connectivity index (χ4n) is 4.51. The van der Waals surface area contributed by atoms with Crippen LogP contribution in [0.2, 0.25) is 0 Å². The van der Waals surface area contributed by atoms with Crippen LogP contribution in [-0.2, 0) is 19.3 Å². The van der Waals surface area contributed by atoms with E-state index in [4.69, 9.17) is 19.8 Å². The fraction of sp³-hybridized carbons (Fsp3) is 0.370. The van der Waals surface area contributed by atoms with Crippen molar-refractivity contribution in [2.75, 3.05) is 49.7 Å². The minimum absolute atomic E-state index is 0.00835. The number of nitrogens with one attached hydrogen (secondary N) is 2. The molecule has 2 heterocycles. The molecule has 1 saturated heterocycles. The Labute approximate surface area is 222 Å². The van der Waals surface area contributed by atoms with Crippen LogP contribution in [0.5, 0.6) is 0 Å². The number of anilines is 2. The molecule has 1 aromatic heterocycles. The summed E-state index contributed by atoms with van der Waals surface area (Å²) < 4.78 is 31.9. The highest BCUT2D eigenvalue weighted by Crippen LogP contribution is 2.55. The van der Waals surface area contributed by atoms with E-state index in [-0.39, 0.29) is 12.6 Å². The third kappa shape index (κ3) is 5.35. The Morgan fingerprint density at radius 2 is 1.74 bits per heavy atom. The summed E-state index contributed by atoms with van der Waals surface area (Å²) >= 11 is 0. The molecule has 5 rings (SSSR count). The van der Waals surface area contributed by atoms with Crippen LogP contribution in [0.1, 0.15) is 25.0 Å². The number of morpholine rings is 1. The number of carbonyl (C=O) groups is 1. The zero-order chi connectivity index (χ0) is 26.6. The van der Waals surface area contributed by atoms with Crippen molar-refractivity contribution < 1.29 is 23.1 Å². The van der Waals surface area contributed by atoms with Crippen molar-refractivity contribution in [3.63, 3.8) is 0 Å². The van der Waals surface area contributed by atoms with Crippen LogP contribution in [0.4, 0.5) is 16.3 Å². The molecule has 2 fully saturated rings. The first-order chi connectivity index (χ1) is 18.4. The summed E-state index contributed by atoms with van der Waals surface area (Å²) in [4.78, 5) is 24.0. The number of hydrogen-bond acceptors (Lipinski definition) is 8. The van der Waals surface area contributed by atoms with Crippen molar-refractivity contribution in [3.05, 3.63) is 66.4 Å². The Morgan fingerprint density at radius 1 is 1.03 bits per heavy atom. The van der Waals surface area contributed by atoms with Gasteiger partial charge in [0.15, 0.2) is 15.7 Å². The second-order valence-corrected chi connectivity index (χ2v) is 11.6. The van der Waals surface area contributed by atoms with Gasteiger partial charge >= 0.3 is 6.03 Å². The number of aromatic nitrogens is 2. The first-order valence-electron chi connectivity index (χ1n) is 12.7. The van der Waals surface area contributed by atoms with E-state index in [9.17, 15) is 13.2 Å². The standard InChI is InChI=1S/C27H31N5O5S/c33-16-4-13-28-26(34)29-21-9-7-20(8-10-21)25-30-23(19-24(31-25)32-14-17-37-18-15-32)27(11-12-27)38(35,36)22-5-2-1-3-6-22/h1-3,5-10,19,33H,4,11-18H2,(H2,28,29,34). The van der Waals surface area contributed by atoms with Crippen LogP contribution in [-0.4, -0.2) is 69.0 Å². The zero-order valence-electron chi connectivity index (χ0n) is 21.0. The molecule has 38 heavy (non-hydrogen) atoms. The van der Waals surface area contributed by atoms with Crippen molar-refractivity contribution in [2.45, 2.75) is 28.9 Å². The predicted octanol–water partition coefficient (Wildman–Crippen LogP) is 2.95. The van der Waals surface area contributed by atoms with Crippen LogP contribution >= 0.6 is 0 Å². The lowest BCUT2D eigenvalue weighted by atomic mass is 10.1. The van der Waals surface area contributed by atoms with Crippen LogP contribution in [0, 0.1) is 0 Å². The van der Waals surface area contributed by atoms with Crippen molar-refractivity contribution in [3.8, 4) is 11.4 Å². The quantitative estimate of drug-likeness (QED) is 0.355. The van der Waals surface area contributed by atoms with Crippen LogP contribution < -0.4 is 15.5 Å². The van der Waals surface area contributed by atoms with Gasteiger partial charge in [-0.2, -0.15) is 0 Å². The topological polar surface area (TPSA) is 134 Å². The van der Waals surface area contributed by atoms with E-state index < -0.39 is 14.6 Å². The number of carbonyl (C=O) groups excluding carboxylic acids is 1. The van der Waals surface area contributed by atoms with E-state index in [0.717, 1.165) is 0 Å². The maximum atomic E-state index is 13.7. The molecule has 10 nitrogen and oxygen atoms in total. The van der Waals surface area contributed by atoms with Gasteiger partial charge in [0.2, 0.25) is 0 Å². The van der Waals surface area contributed by atoms with Crippen LogP contribution in [0.15, 0.2) is 65.6 Å². The van der Waals surface area contributed by atoms with Crippen molar-refractivity contribution in [1.82, 2.24) is 15.3 Å². The summed E-state index contributed by atoms with van der Waals surface area (Å²) in [5.41, 5.74) is 1.80. The third-order valence-electron chi connectivity index (χ3n) is 6.81. The Kier molecular flexibility index (Phi) is 7.59. The lowest BCUT2D eigenvalue weighted by Crippen LogP contribution is -2.37. The number of rotatable bonds is 9. The Bertz CT molecular complexity index is 1370. The van der Waals surface area contributed by atoms with E-state index >= 15 is 0 Å². The average Bonchev–Trinajstić information content (AvgIpc) is 3.77. The second-order valence-electron chi connectivity index (χ2n) is 9.38. The monoisotopic (exact) mass is 537 g/mol. The molecule has 11 heteroatoms. The number of aliphatic hydroxyl groups is 1. The smallest absolute Gasteiger partial charge is 0.319 e. The van der Waals surface area contributed by atoms with Gasteiger partial charge in [-0.05, 0) is 55.7 Å². The lowest BCUT2D eigenvalue weighted by Gasteiger charge is -2.29. The van der Waals surface area contributed by atoms with Gasteiger partial charge in [0.25, 0.3) is 0 Å². The minimum atomic E-state index is -3.66.